The normalized spacial score (nSPS) is 13.6. The summed E-state index contributed by atoms with van der Waals surface area (Å²) in [6, 6.07) is 6.69. The predicted octanol–water partition coefficient (Wildman–Crippen LogP) is 2.47. The summed E-state index contributed by atoms with van der Waals surface area (Å²) in [7, 11) is 2.85. The van der Waals surface area contributed by atoms with Crippen LogP contribution in [0.2, 0.25) is 0 Å². The lowest BCUT2D eigenvalue weighted by Crippen LogP contribution is -2.37. The lowest BCUT2D eigenvalue weighted by atomic mass is 9.80. The van der Waals surface area contributed by atoms with Crippen LogP contribution >= 0.6 is 0 Å². The van der Waals surface area contributed by atoms with Crippen LogP contribution in [0.25, 0.3) is 0 Å². The number of methoxy groups -OCH3 is 2. The summed E-state index contributed by atoms with van der Waals surface area (Å²) in [5.74, 6) is -0.0758. The van der Waals surface area contributed by atoms with E-state index in [4.69, 9.17) is 9.47 Å². The molecule has 18 heavy (non-hydrogen) atoms. The predicted molar refractivity (Wildman–Crippen MR) is 67.7 cm³/mol. The second-order valence-corrected chi connectivity index (χ2v) is 4.23. The summed E-state index contributed by atoms with van der Waals surface area (Å²) in [6.07, 6.45) is 0.393. The summed E-state index contributed by atoms with van der Waals surface area (Å²) >= 11 is 0. The number of rotatable bonds is 5. The molecule has 1 aromatic carbocycles. The zero-order valence-corrected chi connectivity index (χ0v) is 11.1. The zero-order valence-electron chi connectivity index (χ0n) is 11.1. The van der Waals surface area contributed by atoms with Crippen molar-refractivity contribution in [3.8, 4) is 5.75 Å². The molecule has 0 fully saturated rings. The Hall–Kier alpha value is -1.84. The molecule has 4 heteroatoms. The third kappa shape index (κ3) is 2.53. The Morgan fingerprint density at radius 2 is 1.72 bits per heavy atom. The van der Waals surface area contributed by atoms with E-state index in [1.54, 1.807) is 45.2 Å². The van der Waals surface area contributed by atoms with Crippen molar-refractivity contribution in [1.82, 2.24) is 0 Å². The third-order valence-corrected chi connectivity index (χ3v) is 3.20. The van der Waals surface area contributed by atoms with E-state index in [1.807, 2.05) is 0 Å². The molecule has 0 amide bonds. The highest BCUT2D eigenvalue weighted by atomic mass is 16.5. The lowest BCUT2D eigenvalue weighted by Gasteiger charge is -2.23. The van der Waals surface area contributed by atoms with Crippen molar-refractivity contribution < 1.29 is 19.1 Å². The summed E-state index contributed by atoms with van der Waals surface area (Å²) in [5.41, 5.74) is -0.658. The zero-order chi connectivity index (χ0) is 13.8. The Morgan fingerprint density at radius 3 is 2.11 bits per heavy atom. The van der Waals surface area contributed by atoms with Crippen molar-refractivity contribution in [2.75, 3.05) is 14.2 Å². The molecule has 0 saturated heterocycles. The smallest absolute Gasteiger partial charge is 0.319 e. The van der Waals surface area contributed by atoms with Crippen molar-refractivity contribution in [2.24, 2.45) is 5.41 Å². The molecule has 1 rings (SSSR count). The summed E-state index contributed by atoms with van der Waals surface area (Å²) in [5, 5.41) is 0. The number of carbonyl (C=O) groups excluding carboxylic acids is 2. The highest BCUT2D eigenvalue weighted by molar-refractivity contribution is 6.12. The second kappa shape index (κ2) is 5.67. The van der Waals surface area contributed by atoms with Gasteiger partial charge >= 0.3 is 5.97 Å². The van der Waals surface area contributed by atoms with Gasteiger partial charge in [-0.15, -0.1) is 0 Å². The van der Waals surface area contributed by atoms with Crippen LogP contribution in [0.1, 0.15) is 30.6 Å². The van der Waals surface area contributed by atoms with E-state index in [2.05, 4.69) is 0 Å². The molecule has 0 aliphatic carbocycles. The van der Waals surface area contributed by atoms with E-state index in [0.717, 1.165) is 0 Å². The summed E-state index contributed by atoms with van der Waals surface area (Å²) in [4.78, 5) is 24.1. The minimum absolute atomic E-state index is 0.237. The van der Waals surface area contributed by atoms with Gasteiger partial charge in [-0.2, -0.15) is 0 Å². The Kier molecular flexibility index (Phi) is 4.48. The topological polar surface area (TPSA) is 52.6 Å². The molecule has 4 nitrogen and oxygen atoms in total. The number of benzene rings is 1. The van der Waals surface area contributed by atoms with Gasteiger partial charge in [0.25, 0.3) is 0 Å². The largest absolute Gasteiger partial charge is 0.497 e. The van der Waals surface area contributed by atoms with Crippen LogP contribution < -0.4 is 4.74 Å². The van der Waals surface area contributed by atoms with Crippen LogP contribution in [0, 0.1) is 5.41 Å². The number of hydrogen-bond donors (Lipinski definition) is 0. The molecule has 0 saturated carbocycles. The molecule has 1 aromatic rings. The molecule has 0 bridgehead atoms. The molecule has 1 atom stereocenters. The number of carbonyl (C=O) groups is 2. The van der Waals surface area contributed by atoms with Crippen LogP contribution in [0.4, 0.5) is 0 Å². The molecule has 0 heterocycles. The second-order valence-electron chi connectivity index (χ2n) is 4.23. The van der Waals surface area contributed by atoms with Gasteiger partial charge < -0.3 is 9.47 Å². The number of ketones is 1. The Bertz CT molecular complexity index is 436. The van der Waals surface area contributed by atoms with Gasteiger partial charge in [-0.1, -0.05) is 6.92 Å². The fraction of sp³-hybridized carbons (Fsp3) is 0.429. The summed E-state index contributed by atoms with van der Waals surface area (Å²) in [6.45, 7) is 3.39. The van der Waals surface area contributed by atoms with Gasteiger partial charge in [-0.25, -0.2) is 0 Å². The van der Waals surface area contributed by atoms with Crippen LogP contribution in [0.5, 0.6) is 5.75 Å². The SMILES string of the molecule is CCC(C)(C(=O)OC)C(=O)c1ccc(OC)cc1. The van der Waals surface area contributed by atoms with Crippen molar-refractivity contribution in [3.63, 3.8) is 0 Å². The maximum absolute atomic E-state index is 12.4. The fourth-order valence-electron chi connectivity index (χ4n) is 1.68. The number of Topliss-reactive ketones (excluding diaryl/α,β-unsaturated/α-hetero) is 1. The van der Waals surface area contributed by atoms with Gasteiger partial charge in [0.2, 0.25) is 0 Å². The molecular weight excluding hydrogens is 232 g/mol. The van der Waals surface area contributed by atoms with Gasteiger partial charge in [0.05, 0.1) is 14.2 Å². The van der Waals surface area contributed by atoms with Crippen molar-refractivity contribution in [1.29, 1.82) is 0 Å². The first-order valence-corrected chi connectivity index (χ1v) is 5.77. The maximum Gasteiger partial charge on any atom is 0.319 e. The molecule has 0 radical (unpaired) electrons. The van der Waals surface area contributed by atoms with Crippen LogP contribution in [-0.4, -0.2) is 26.0 Å². The van der Waals surface area contributed by atoms with Crippen molar-refractivity contribution in [2.45, 2.75) is 20.3 Å². The molecule has 0 N–H and O–H groups in total. The Morgan fingerprint density at radius 1 is 1.17 bits per heavy atom. The average Bonchev–Trinajstić information content (AvgIpc) is 2.44. The molecule has 98 valence electrons. The summed E-state index contributed by atoms with van der Waals surface area (Å²) < 4.78 is 9.74. The maximum atomic E-state index is 12.4. The fourth-order valence-corrected chi connectivity index (χ4v) is 1.68. The monoisotopic (exact) mass is 250 g/mol. The number of hydrogen-bond acceptors (Lipinski definition) is 4. The third-order valence-electron chi connectivity index (χ3n) is 3.20. The van der Waals surface area contributed by atoms with Gasteiger partial charge in [0.1, 0.15) is 11.2 Å². The van der Waals surface area contributed by atoms with Crippen molar-refractivity contribution in [3.05, 3.63) is 29.8 Å². The Balaban J connectivity index is 3.06. The first-order valence-electron chi connectivity index (χ1n) is 5.77. The highest BCUT2D eigenvalue weighted by Gasteiger charge is 2.40. The molecule has 1 unspecified atom stereocenters. The van der Waals surface area contributed by atoms with Gasteiger partial charge in [0, 0.05) is 5.56 Å². The minimum Gasteiger partial charge on any atom is -0.497 e. The minimum atomic E-state index is -1.14. The molecule has 0 aliphatic rings. The van der Waals surface area contributed by atoms with E-state index in [0.29, 0.717) is 17.7 Å². The molecule has 0 aromatic heterocycles. The van der Waals surface area contributed by atoms with Gasteiger partial charge in [0.15, 0.2) is 5.78 Å². The quantitative estimate of drug-likeness (QED) is 0.457. The first kappa shape index (κ1) is 14.2. The van der Waals surface area contributed by atoms with Gasteiger partial charge in [-0.3, -0.25) is 9.59 Å². The standard InChI is InChI=1S/C14H18O4/c1-5-14(2,13(16)18-4)12(15)10-6-8-11(17-3)9-7-10/h6-9H,5H2,1-4H3. The van der Waals surface area contributed by atoms with Gasteiger partial charge in [-0.05, 0) is 37.6 Å². The molecule has 0 aliphatic heterocycles. The van der Waals surface area contributed by atoms with E-state index < -0.39 is 11.4 Å². The molecular formula is C14H18O4. The van der Waals surface area contributed by atoms with E-state index >= 15 is 0 Å². The van der Waals surface area contributed by atoms with Crippen LogP contribution in [0.3, 0.4) is 0 Å². The van der Waals surface area contributed by atoms with Crippen LogP contribution in [-0.2, 0) is 9.53 Å². The average molecular weight is 250 g/mol. The van der Waals surface area contributed by atoms with Crippen molar-refractivity contribution >= 4 is 11.8 Å². The van der Waals surface area contributed by atoms with E-state index in [1.165, 1.54) is 7.11 Å². The highest BCUT2D eigenvalue weighted by Crippen LogP contribution is 2.28. The van der Waals surface area contributed by atoms with E-state index in [-0.39, 0.29) is 5.78 Å². The lowest BCUT2D eigenvalue weighted by molar-refractivity contribution is -0.148. The Labute approximate surface area is 107 Å². The number of esters is 1. The first-order chi connectivity index (χ1) is 8.49. The van der Waals surface area contributed by atoms with E-state index in [9.17, 15) is 9.59 Å². The van der Waals surface area contributed by atoms with Crippen LogP contribution in [0.15, 0.2) is 24.3 Å². The number of ether oxygens (including phenoxy) is 2. The molecule has 0 spiro atoms.